The lowest BCUT2D eigenvalue weighted by Crippen LogP contribution is -2.25. The molecule has 2 atom stereocenters. The Bertz CT molecular complexity index is 188. The predicted octanol–water partition coefficient (Wildman–Crippen LogP) is 2.05. The summed E-state index contributed by atoms with van der Waals surface area (Å²) < 4.78 is 10.7. The van der Waals surface area contributed by atoms with Gasteiger partial charge in [0.1, 0.15) is 0 Å². The van der Waals surface area contributed by atoms with Crippen LogP contribution in [-0.2, 0) is 4.52 Å². The Hall–Kier alpha value is 0.310. The van der Waals surface area contributed by atoms with Crippen molar-refractivity contribution in [3.8, 4) is 0 Å². The molecule has 0 saturated carbocycles. The molecule has 76 valence electrons. The summed E-state index contributed by atoms with van der Waals surface area (Å²) in [6.45, 7) is 6.98. The van der Waals surface area contributed by atoms with Crippen LogP contribution in [0.15, 0.2) is 0 Å². The quantitative estimate of drug-likeness (QED) is 0.637. The summed E-state index contributed by atoms with van der Waals surface area (Å²) in [6, 6.07) is 1.41. The second-order valence-corrected chi connectivity index (χ2v) is 6.01. The zero-order chi connectivity index (χ0) is 9.42. The fourth-order valence-corrected chi connectivity index (χ4v) is 4.50. The Kier molecular flexibility index (Phi) is 2.89. The van der Waals surface area contributed by atoms with E-state index in [0.717, 1.165) is 6.04 Å². The first-order valence-corrected chi connectivity index (χ1v) is 6.28. The average Bonchev–Trinajstić information content (AvgIpc) is 2.60. The Morgan fingerprint density at radius 2 is 2.23 bits per heavy atom. The maximum absolute atomic E-state index is 5.62. The molecule has 3 nitrogen and oxygen atoms in total. The van der Waals surface area contributed by atoms with Crippen molar-refractivity contribution in [1.82, 2.24) is 9.34 Å². The lowest BCUT2D eigenvalue weighted by molar-refractivity contribution is 0.338. The Morgan fingerprint density at radius 1 is 1.46 bits per heavy atom. The summed E-state index contributed by atoms with van der Waals surface area (Å²) in [5.41, 5.74) is 0. The zero-order valence-electron chi connectivity index (χ0n) is 8.73. The van der Waals surface area contributed by atoms with E-state index in [2.05, 4.69) is 23.2 Å². The third-order valence-electron chi connectivity index (χ3n) is 2.94. The first-order chi connectivity index (χ1) is 6.24. The van der Waals surface area contributed by atoms with Gasteiger partial charge >= 0.3 is 0 Å². The monoisotopic (exact) mass is 202 g/mol. The van der Waals surface area contributed by atoms with Gasteiger partial charge in [-0.25, -0.2) is 9.34 Å². The van der Waals surface area contributed by atoms with Gasteiger partial charge in [0.25, 0.3) is 0 Å². The van der Waals surface area contributed by atoms with Crippen LogP contribution >= 0.6 is 8.45 Å². The fourth-order valence-electron chi connectivity index (χ4n) is 2.28. The summed E-state index contributed by atoms with van der Waals surface area (Å²) in [5.74, 6) is 0. The van der Waals surface area contributed by atoms with Gasteiger partial charge in [0.05, 0.1) is 0 Å². The number of rotatable bonds is 2. The second-order valence-electron chi connectivity index (χ2n) is 4.11. The summed E-state index contributed by atoms with van der Waals surface area (Å²) >= 11 is 0. The molecule has 0 aromatic heterocycles. The maximum atomic E-state index is 5.62. The van der Waals surface area contributed by atoms with Crippen molar-refractivity contribution >= 4 is 8.45 Å². The molecule has 0 amide bonds. The SMILES string of the molecule is COP1N(C(C)C)C[C@@H]2CCCN21. The van der Waals surface area contributed by atoms with E-state index in [1.54, 1.807) is 0 Å². The van der Waals surface area contributed by atoms with E-state index in [1.165, 1.54) is 25.9 Å². The molecule has 2 rings (SSSR count). The van der Waals surface area contributed by atoms with Crippen molar-refractivity contribution in [3.05, 3.63) is 0 Å². The number of hydrogen-bond donors (Lipinski definition) is 0. The maximum Gasteiger partial charge on any atom is 0.188 e. The number of hydrogen-bond acceptors (Lipinski definition) is 3. The topological polar surface area (TPSA) is 15.7 Å². The van der Waals surface area contributed by atoms with Gasteiger partial charge in [0.2, 0.25) is 0 Å². The van der Waals surface area contributed by atoms with Gasteiger partial charge in [-0.05, 0) is 26.7 Å². The molecule has 0 bridgehead atoms. The fraction of sp³-hybridized carbons (Fsp3) is 1.00. The smallest absolute Gasteiger partial charge is 0.188 e. The first kappa shape index (κ1) is 9.85. The summed E-state index contributed by atoms with van der Waals surface area (Å²) in [7, 11) is 1.43. The summed E-state index contributed by atoms with van der Waals surface area (Å²) in [4.78, 5) is 0. The summed E-state index contributed by atoms with van der Waals surface area (Å²) in [6.07, 6.45) is 2.73. The van der Waals surface area contributed by atoms with E-state index in [0.29, 0.717) is 6.04 Å². The molecule has 0 aliphatic carbocycles. The number of nitrogens with zero attached hydrogens (tertiary/aromatic N) is 2. The molecular formula is C9H19N2OP. The van der Waals surface area contributed by atoms with Crippen LogP contribution in [0.5, 0.6) is 0 Å². The molecule has 0 spiro atoms. The van der Waals surface area contributed by atoms with Crippen LogP contribution < -0.4 is 0 Å². The van der Waals surface area contributed by atoms with E-state index in [-0.39, 0.29) is 0 Å². The van der Waals surface area contributed by atoms with Gasteiger partial charge in [-0.2, -0.15) is 0 Å². The minimum absolute atomic E-state index is 0.419. The second kappa shape index (κ2) is 3.82. The Balaban J connectivity index is 2.08. The molecule has 0 radical (unpaired) electrons. The zero-order valence-corrected chi connectivity index (χ0v) is 9.63. The molecule has 0 aromatic carbocycles. The highest BCUT2D eigenvalue weighted by Gasteiger charge is 2.43. The molecule has 4 heteroatoms. The molecule has 2 aliphatic rings. The van der Waals surface area contributed by atoms with Crippen molar-refractivity contribution in [2.75, 3.05) is 20.2 Å². The van der Waals surface area contributed by atoms with Crippen molar-refractivity contribution in [1.29, 1.82) is 0 Å². The van der Waals surface area contributed by atoms with Crippen molar-refractivity contribution < 1.29 is 4.52 Å². The molecule has 13 heavy (non-hydrogen) atoms. The van der Waals surface area contributed by atoms with Gasteiger partial charge < -0.3 is 4.52 Å². The first-order valence-electron chi connectivity index (χ1n) is 5.11. The van der Waals surface area contributed by atoms with Crippen LogP contribution in [-0.4, -0.2) is 41.6 Å². The molecule has 0 N–H and O–H groups in total. The van der Waals surface area contributed by atoms with Crippen LogP contribution in [0.1, 0.15) is 26.7 Å². The molecule has 2 saturated heterocycles. The average molecular weight is 202 g/mol. The van der Waals surface area contributed by atoms with E-state index in [4.69, 9.17) is 4.52 Å². The van der Waals surface area contributed by atoms with Gasteiger partial charge in [-0.3, -0.25) is 0 Å². The Morgan fingerprint density at radius 3 is 2.85 bits per heavy atom. The van der Waals surface area contributed by atoms with Gasteiger partial charge in [-0.15, -0.1) is 0 Å². The van der Waals surface area contributed by atoms with Gasteiger partial charge in [-0.1, -0.05) is 0 Å². The van der Waals surface area contributed by atoms with Crippen LogP contribution in [0, 0.1) is 0 Å². The largest absolute Gasteiger partial charge is 0.335 e. The third kappa shape index (κ3) is 1.63. The van der Waals surface area contributed by atoms with Crippen LogP contribution in [0.25, 0.3) is 0 Å². The standard InChI is InChI=1S/C9H19N2OP/c1-8(2)11-7-9-5-4-6-10(9)13(11)12-3/h8-9H,4-7H2,1-3H3/t9-,13?/m0/s1. The number of fused-ring (bicyclic) bond motifs is 1. The van der Waals surface area contributed by atoms with E-state index < -0.39 is 8.45 Å². The Labute approximate surface area is 82.0 Å². The normalized spacial score (nSPS) is 36.0. The highest BCUT2D eigenvalue weighted by molar-refractivity contribution is 7.47. The molecule has 0 aromatic rings. The van der Waals surface area contributed by atoms with Gasteiger partial charge in [0, 0.05) is 32.3 Å². The van der Waals surface area contributed by atoms with E-state index >= 15 is 0 Å². The van der Waals surface area contributed by atoms with Gasteiger partial charge in [0.15, 0.2) is 8.45 Å². The van der Waals surface area contributed by atoms with Crippen molar-refractivity contribution in [2.24, 2.45) is 0 Å². The third-order valence-corrected chi connectivity index (χ3v) is 5.30. The predicted molar refractivity (Wildman–Crippen MR) is 55.5 cm³/mol. The van der Waals surface area contributed by atoms with Crippen molar-refractivity contribution in [2.45, 2.75) is 38.8 Å². The lowest BCUT2D eigenvalue weighted by Gasteiger charge is -2.28. The lowest BCUT2D eigenvalue weighted by atomic mass is 10.2. The van der Waals surface area contributed by atoms with Crippen LogP contribution in [0.3, 0.4) is 0 Å². The highest BCUT2D eigenvalue weighted by atomic mass is 31.2. The minimum atomic E-state index is -0.419. The molecule has 1 unspecified atom stereocenters. The van der Waals surface area contributed by atoms with E-state index in [9.17, 15) is 0 Å². The molecule has 2 fully saturated rings. The molecule has 2 heterocycles. The molecular weight excluding hydrogens is 183 g/mol. The van der Waals surface area contributed by atoms with E-state index in [1.807, 2.05) is 7.11 Å². The minimum Gasteiger partial charge on any atom is -0.335 e. The highest BCUT2D eigenvalue weighted by Crippen LogP contribution is 2.55. The molecule has 2 aliphatic heterocycles. The van der Waals surface area contributed by atoms with Crippen molar-refractivity contribution in [3.63, 3.8) is 0 Å². The summed E-state index contributed by atoms with van der Waals surface area (Å²) in [5, 5.41) is 0. The van der Waals surface area contributed by atoms with Crippen LogP contribution in [0.4, 0.5) is 0 Å². The van der Waals surface area contributed by atoms with Crippen LogP contribution in [0.2, 0.25) is 0 Å².